The minimum Gasteiger partial charge on any atom is -0.356 e. The molecule has 1 unspecified atom stereocenters. The molecule has 5 nitrogen and oxygen atoms in total. The number of carbonyl (C=O) groups is 2. The molecule has 1 aliphatic rings. The van der Waals surface area contributed by atoms with Gasteiger partial charge in [0.05, 0.1) is 23.2 Å². The molecule has 1 fully saturated rings. The minimum atomic E-state index is -0.161. The molecule has 0 spiro atoms. The monoisotopic (exact) mass is 357 g/mol. The topological polar surface area (TPSA) is 61.4 Å². The standard InChI is InChI=1S/C16H21Cl2N3O2/c1-2-19-16(23)11-4-3-7-21(9-11)10-15(22)20-14-8-12(17)5-6-13(14)18/h5-6,8,11H,2-4,7,9-10H2,1H3,(H,19,23)(H,20,22). The summed E-state index contributed by atoms with van der Waals surface area (Å²) < 4.78 is 0. The maximum atomic E-state index is 12.2. The average Bonchev–Trinajstić information content (AvgIpc) is 2.51. The Labute approximate surface area is 146 Å². The molecule has 0 saturated carbocycles. The van der Waals surface area contributed by atoms with Gasteiger partial charge in [0, 0.05) is 18.1 Å². The molecule has 126 valence electrons. The number of amides is 2. The van der Waals surface area contributed by atoms with Crippen LogP contribution in [0.1, 0.15) is 19.8 Å². The zero-order valence-electron chi connectivity index (χ0n) is 13.1. The molecule has 1 heterocycles. The van der Waals surface area contributed by atoms with Crippen molar-refractivity contribution in [2.45, 2.75) is 19.8 Å². The van der Waals surface area contributed by atoms with Gasteiger partial charge in [-0.25, -0.2) is 0 Å². The van der Waals surface area contributed by atoms with Crippen LogP contribution in [-0.2, 0) is 9.59 Å². The lowest BCUT2D eigenvalue weighted by molar-refractivity contribution is -0.127. The number of rotatable bonds is 5. The third-order valence-electron chi connectivity index (χ3n) is 3.80. The van der Waals surface area contributed by atoms with E-state index < -0.39 is 0 Å². The molecular weight excluding hydrogens is 337 g/mol. The molecule has 1 aromatic carbocycles. The first-order chi connectivity index (χ1) is 11.0. The van der Waals surface area contributed by atoms with E-state index in [1.54, 1.807) is 18.2 Å². The fourth-order valence-corrected chi connectivity index (χ4v) is 3.05. The van der Waals surface area contributed by atoms with Gasteiger partial charge in [0.25, 0.3) is 0 Å². The van der Waals surface area contributed by atoms with Crippen LogP contribution in [0.5, 0.6) is 0 Å². The van der Waals surface area contributed by atoms with Gasteiger partial charge >= 0.3 is 0 Å². The molecule has 7 heteroatoms. The highest BCUT2D eigenvalue weighted by Gasteiger charge is 2.26. The Morgan fingerprint density at radius 2 is 2.13 bits per heavy atom. The summed E-state index contributed by atoms with van der Waals surface area (Å²) in [5.74, 6) is -0.146. The fraction of sp³-hybridized carbons (Fsp3) is 0.500. The van der Waals surface area contributed by atoms with Crippen molar-refractivity contribution in [1.82, 2.24) is 10.2 Å². The Morgan fingerprint density at radius 3 is 2.87 bits per heavy atom. The zero-order chi connectivity index (χ0) is 16.8. The van der Waals surface area contributed by atoms with E-state index >= 15 is 0 Å². The molecule has 2 rings (SSSR count). The van der Waals surface area contributed by atoms with Crippen molar-refractivity contribution in [2.75, 3.05) is 31.5 Å². The number of piperidine rings is 1. The predicted molar refractivity (Wildman–Crippen MR) is 92.9 cm³/mol. The Balaban J connectivity index is 1.89. The summed E-state index contributed by atoms with van der Waals surface area (Å²) in [5.41, 5.74) is 0.501. The molecule has 1 saturated heterocycles. The lowest BCUT2D eigenvalue weighted by atomic mass is 9.97. The SMILES string of the molecule is CCNC(=O)C1CCCN(CC(=O)Nc2cc(Cl)ccc2Cl)C1. The van der Waals surface area contributed by atoms with Crippen LogP contribution in [0.15, 0.2) is 18.2 Å². The molecule has 2 amide bonds. The number of likely N-dealkylation sites (tertiary alicyclic amines) is 1. The third kappa shape index (κ3) is 5.37. The third-order valence-corrected chi connectivity index (χ3v) is 4.36. The van der Waals surface area contributed by atoms with E-state index in [9.17, 15) is 9.59 Å². The van der Waals surface area contributed by atoms with Crippen LogP contribution < -0.4 is 10.6 Å². The molecule has 0 aliphatic carbocycles. The number of nitrogens with one attached hydrogen (secondary N) is 2. The van der Waals surface area contributed by atoms with Crippen molar-refractivity contribution in [3.8, 4) is 0 Å². The second kappa shape index (κ2) is 8.52. The van der Waals surface area contributed by atoms with Crippen molar-refractivity contribution in [2.24, 2.45) is 5.92 Å². The Morgan fingerprint density at radius 1 is 1.35 bits per heavy atom. The molecule has 0 bridgehead atoms. The van der Waals surface area contributed by atoms with E-state index in [1.807, 2.05) is 11.8 Å². The zero-order valence-corrected chi connectivity index (χ0v) is 14.6. The van der Waals surface area contributed by atoms with Crippen LogP contribution in [0.2, 0.25) is 10.0 Å². The van der Waals surface area contributed by atoms with Crippen LogP contribution in [0.3, 0.4) is 0 Å². The first-order valence-corrected chi connectivity index (χ1v) is 8.50. The first-order valence-electron chi connectivity index (χ1n) is 7.74. The van der Waals surface area contributed by atoms with E-state index in [2.05, 4.69) is 10.6 Å². The van der Waals surface area contributed by atoms with Gasteiger partial charge in [-0.05, 0) is 44.5 Å². The first kappa shape index (κ1) is 18.0. The summed E-state index contributed by atoms with van der Waals surface area (Å²) in [5, 5.41) is 6.57. The van der Waals surface area contributed by atoms with Crippen molar-refractivity contribution in [1.29, 1.82) is 0 Å². The van der Waals surface area contributed by atoms with E-state index in [-0.39, 0.29) is 24.3 Å². The van der Waals surface area contributed by atoms with E-state index in [1.165, 1.54) is 0 Å². The lowest BCUT2D eigenvalue weighted by Crippen LogP contribution is -2.45. The Kier molecular flexibility index (Phi) is 6.69. The fourth-order valence-electron chi connectivity index (χ4n) is 2.72. The Hall–Kier alpha value is -1.30. The highest BCUT2D eigenvalue weighted by atomic mass is 35.5. The quantitative estimate of drug-likeness (QED) is 0.851. The van der Waals surface area contributed by atoms with Gasteiger partial charge in [-0.15, -0.1) is 0 Å². The van der Waals surface area contributed by atoms with Gasteiger partial charge in [0.1, 0.15) is 0 Å². The number of carbonyl (C=O) groups excluding carboxylic acids is 2. The molecule has 1 aliphatic heterocycles. The van der Waals surface area contributed by atoms with Crippen LogP contribution in [-0.4, -0.2) is 42.9 Å². The Bertz CT molecular complexity index is 580. The van der Waals surface area contributed by atoms with Crippen LogP contribution >= 0.6 is 23.2 Å². The van der Waals surface area contributed by atoms with Gasteiger partial charge in [-0.3, -0.25) is 14.5 Å². The van der Waals surface area contributed by atoms with E-state index in [4.69, 9.17) is 23.2 Å². The summed E-state index contributed by atoms with van der Waals surface area (Å²) in [4.78, 5) is 26.1. The van der Waals surface area contributed by atoms with Gasteiger partial charge in [0.15, 0.2) is 0 Å². The lowest BCUT2D eigenvalue weighted by Gasteiger charge is -2.31. The summed E-state index contributed by atoms with van der Waals surface area (Å²) in [6, 6.07) is 4.93. The molecule has 23 heavy (non-hydrogen) atoms. The second-order valence-electron chi connectivity index (χ2n) is 5.64. The number of anilines is 1. The summed E-state index contributed by atoms with van der Waals surface area (Å²) in [6.07, 6.45) is 1.77. The molecule has 0 aromatic heterocycles. The largest absolute Gasteiger partial charge is 0.356 e. The van der Waals surface area contributed by atoms with Crippen LogP contribution in [0.4, 0.5) is 5.69 Å². The van der Waals surface area contributed by atoms with E-state index in [0.717, 1.165) is 19.4 Å². The van der Waals surface area contributed by atoms with Gasteiger partial charge in [0.2, 0.25) is 11.8 Å². The van der Waals surface area contributed by atoms with Crippen molar-refractivity contribution < 1.29 is 9.59 Å². The maximum absolute atomic E-state index is 12.2. The molecule has 1 atom stereocenters. The maximum Gasteiger partial charge on any atom is 0.238 e. The highest BCUT2D eigenvalue weighted by molar-refractivity contribution is 6.35. The number of benzene rings is 1. The molecule has 1 aromatic rings. The van der Waals surface area contributed by atoms with Gasteiger partial charge in [-0.1, -0.05) is 23.2 Å². The second-order valence-corrected chi connectivity index (χ2v) is 6.48. The average molecular weight is 358 g/mol. The highest BCUT2D eigenvalue weighted by Crippen LogP contribution is 2.25. The van der Waals surface area contributed by atoms with Crippen molar-refractivity contribution >= 4 is 40.7 Å². The van der Waals surface area contributed by atoms with Crippen LogP contribution in [0.25, 0.3) is 0 Å². The summed E-state index contributed by atoms with van der Waals surface area (Å²) in [7, 11) is 0. The number of hydrogen-bond donors (Lipinski definition) is 2. The smallest absolute Gasteiger partial charge is 0.238 e. The number of nitrogens with zero attached hydrogens (tertiary/aromatic N) is 1. The molecule has 2 N–H and O–H groups in total. The number of hydrogen-bond acceptors (Lipinski definition) is 3. The summed E-state index contributed by atoms with van der Waals surface area (Å²) >= 11 is 12.0. The molecular formula is C16H21Cl2N3O2. The normalized spacial score (nSPS) is 18.5. The predicted octanol–water partition coefficient (Wildman–Crippen LogP) is 2.78. The summed E-state index contributed by atoms with van der Waals surface area (Å²) in [6.45, 7) is 4.18. The number of halogens is 2. The minimum absolute atomic E-state index is 0.0498. The van der Waals surface area contributed by atoms with Gasteiger partial charge in [-0.2, -0.15) is 0 Å². The van der Waals surface area contributed by atoms with Crippen molar-refractivity contribution in [3.05, 3.63) is 28.2 Å². The van der Waals surface area contributed by atoms with E-state index in [0.29, 0.717) is 28.8 Å². The van der Waals surface area contributed by atoms with Crippen LogP contribution in [0, 0.1) is 5.92 Å². The molecule has 0 radical (unpaired) electrons. The van der Waals surface area contributed by atoms with Crippen molar-refractivity contribution in [3.63, 3.8) is 0 Å². The van der Waals surface area contributed by atoms with Gasteiger partial charge < -0.3 is 10.6 Å².